The van der Waals surface area contributed by atoms with Crippen LogP contribution in [0.4, 0.5) is 0 Å². The Morgan fingerprint density at radius 1 is 1.50 bits per heavy atom. The quantitative estimate of drug-likeness (QED) is 0.332. The average molecular weight is 248 g/mol. The second-order valence-electron chi connectivity index (χ2n) is 2.37. The van der Waals surface area contributed by atoms with Crippen LogP contribution in [0.25, 0.3) is 0 Å². The number of carbonyl (C=O) groups excluding carboxylic acids is 1. The second-order valence-corrected chi connectivity index (χ2v) is 11.4. The highest BCUT2D eigenvalue weighted by Crippen LogP contribution is 2.26. The Balaban J connectivity index is 4.11. The van der Waals surface area contributed by atoms with Crippen LogP contribution in [0.2, 0.25) is 0 Å². The summed E-state index contributed by atoms with van der Waals surface area (Å²) >= 11 is 16.8. The van der Waals surface area contributed by atoms with Crippen LogP contribution in [0.5, 0.6) is 0 Å². The van der Waals surface area contributed by atoms with Gasteiger partial charge in [0.25, 0.3) is 0 Å². The predicted octanol–water partition coefficient (Wildman–Crippen LogP) is 2.69. The molecule has 1 unspecified atom stereocenters. The molecule has 0 aromatic carbocycles. The molecule has 0 spiro atoms. The Morgan fingerprint density at radius 2 is 1.92 bits per heavy atom. The summed E-state index contributed by atoms with van der Waals surface area (Å²) in [5.41, 5.74) is -0.350. The number of rotatable bonds is 3. The van der Waals surface area contributed by atoms with Gasteiger partial charge in [-0.25, -0.2) is 4.79 Å². The highest BCUT2D eigenvalue weighted by atomic mass is 35.8. The van der Waals surface area contributed by atoms with E-state index in [2.05, 4.69) is 6.58 Å². The van der Waals surface area contributed by atoms with Gasteiger partial charge in [-0.1, -0.05) is 6.58 Å². The number of ether oxygens (including phenoxy) is 1. The molecule has 0 heterocycles. The number of hydrogen-bond donors (Lipinski definition) is 0. The van der Waals surface area contributed by atoms with Crippen LogP contribution in [-0.4, -0.2) is 17.7 Å². The van der Waals surface area contributed by atoms with E-state index in [-0.39, 0.29) is 0 Å². The molecule has 70 valence electrons. The first-order chi connectivity index (χ1) is 5.25. The fourth-order valence-corrected chi connectivity index (χ4v) is 0.970. The van der Waals surface area contributed by atoms with E-state index in [4.69, 9.17) is 38.0 Å². The summed E-state index contributed by atoms with van der Waals surface area (Å²) < 4.78 is 4.80. The molecular formula is C6H9Cl3O2Si. The summed E-state index contributed by atoms with van der Waals surface area (Å²) in [6.45, 7) is 6.49. The molecule has 0 fully saturated rings. The lowest BCUT2D eigenvalue weighted by atomic mass is 10.4. The van der Waals surface area contributed by atoms with E-state index in [0.29, 0.717) is 5.57 Å². The number of hydrogen-bond acceptors (Lipinski definition) is 2. The minimum Gasteiger partial charge on any atom is -0.459 e. The molecule has 0 radical (unpaired) electrons. The van der Waals surface area contributed by atoms with Gasteiger partial charge >= 0.3 is 12.0 Å². The fourth-order valence-electron chi connectivity index (χ4n) is 0.328. The topological polar surface area (TPSA) is 26.3 Å². The van der Waals surface area contributed by atoms with Crippen molar-refractivity contribution in [3.8, 4) is 0 Å². The third-order valence-electron chi connectivity index (χ3n) is 1.09. The molecule has 12 heavy (non-hydrogen) atoms. The van der Waals surface area contributed by atoms with E-state index in [1.807, 2.05) is 0 Å². The Bertz CT molecular complexity index is 199. The molecule has 0 aromatic heterocycles. The van der Waals surface area contributed by atoms with Crippen molar-refractivity contribution in [1.82, 2.24) is 0 Å². The molecule has 6 heteroatoms. The Labute approximate surface area is 86.6 Å². The zero-order valence-electron chi connectivity index (χ0n) is 6.73. The van der Waals surface area contributed by atoms with Gasteiger partial charge in [-0.15, -0.1) is 33.2 Å². The number of esters is 1. The third kappa shape index (κ3) is 4.35. The molecule has 0 saturated carbocycles. The van der Waals surface area contributed by atoms with Gasteiger partial charge in [-0.3, -0.25) is 0 Å². The molecular weight excluding hydrogens is 239 g/mol. The minimum absolute atomic E-state index is 0.296. The van der Waals surface area contributed by atoms with E-state index in [9.17, 15) is 4.79 Å². The number of carbonyl (C=O) groups is 1. The lowest BCUT2D eigenvalue weighted by molar-refractivity contribution is -0.140. The second kappa shape index (κ2) is 4.51. The monoisotopic (exact) mass is 246 g/mol. The van der Waals surface area contributed by atoms with Crippen molar-refractivity contribution in [1.29, 1.82) is 0 Å². The zero-order chi connectivity index (χ0) is 9.94. The third-order valence-corrected chi connectivity index (χ3v) is 4.90. The standard InChI is InChI=1S/C6H9Cl3O2Si/c1-4(2)6(10)11-5(3)12(7,8)9/h5H,1H2,2-3H3. The van der Waals surface area contributed by atoms with Gasteiger partial charge in [0.15, 0.2) is 0 Å². The molecule has 0 rings (SSSR count). The first-order valence-corrected chi connectivity index (χ1v) is 8.29. The molecule has 0 aliphatic rings. The Morgan fingerprint density at radius 3 is 2.17 bits per heavy atom. The van der Waals surface area contributed by atoms with E-state index in [1.54, 1.807) is 6.92 Å². The Kier molecular flexibility index (Phi) is 4.62. The van der Waals surface area contributed by atoms with Gasteiger partial charge in [0, 0.05) is 5.57 Å². The van der Waals surface area contributed by atoms with Gasteiger partial charge in [0.1, 0.15) is 5.73 Å². The maximum absolute atomic E-state index is 10.9. The van der Waals surface area contributed by atoms with E-state index >= 15 is 0 Å². The lowest BCUT2D eigenvalue weighted by Gasteiger charge is -2.17. The Hall–Kier alpha value is 0.297. The summed E-state index contributed by atoms with van der Waals surface area (Å²) in [4.78, 5) is 10.9. The lowest BCUT2D eigenvalue weighted by Crippen LogP contribution is -2.33. The van der Waals surface area contributed by atoms with Crippen LogP contribution in [0.1, 0.15) is 13.8 Å². The van der Waals surface area contributed by atoms with Gasteiger partial charge in [0.05, 0.1) is 0 Å². The highest BCUT2D eigenvalue weighted by molar-refractivity contribution is 7.65. The molecule has 0 saturated heterocycles. The summed E-state index contributed by atoms with van der Waals surface area (Å²) in [6, 6.07) is -2.94. The van der Waals surface area contributed by atoms with Crippen molar-refractivity contribution in [3.05, 3.63) is 12.2 Å². The van der Waals surface area contributed by atoms with Crippen molar-refractivity contribution in [2.45, 2.75) is 19.6 Å². The normalized spacial score (nSPS) is 13.8. The average Bonchev–Trinajstić information content (AvgIpc) is 1.85. The smallest absolute Gasteiger partial charge is 0.381 e. The summed E-state index contributed by atoms with van der Waals surface area (Å²) in [5.74, 6) is -0.527. The zero-order valence-corrected chi connectivity index (χ0v) is 10.0. The van der Waals surface area contributed by atoms with E-state index in [0.717, 1.165) is 0 Å². The molecule has 0 N–H and O–H groups in total. The van der Waals surface area contributed by atoms with Crippen LogP contribution >= 0.6 is 33.2 Å². The fraction of sp³-hybridized carbons (Fsp3) is 0.500. The van der Waals surface area contributed by atoms with Crippen molar-refractivity contribution in [2.24, 2.45) is 0 Å². The molecule has 1 atom stereocenters. The maximum Gasteiger partial charge on any atom is 0.381 e. The van der Waals surface area contributed by atoms with E-state index in [1.165, 1.54) is 6.92 Å². The molecule has 0 amide bonds. The summed E-state index contributed by atoms with van der Waals surface area (Å²) in [6.07, 6.45) is 0. The van der Waals surface area contributed by atoms with Crippen LogP contribution in [0.3, 0.4) is 0 Å². The van der Waals surface area contributed by atoms with Crippen molar-refractivity contribution in [3.63, 3.8) is 0 Å². The minimum atomic E-state index is -2.94. The van der Waals surface area contributed by atoms with Crippen molar-refractivity contribution < 1.29 is 9.53 Å². The first kappa shape index (κ1) is 12.3. The largest absolute Gasteiger partial charge is 0.459 e. The summed E-state index contributed by atoms with van der Waals surface area (Å²) in [5, 5.41) is 0. The predicted molar refractivity (Wildman–Crippen MR) is 53.7 cm³/mol. The molecule has 0 aliphatic heterocycles. The van der Waals surface area contributed by atoms with Crippen LogP contribution in [-0.2, 0) is 9.53 Å². The first-order valence-electron chi connectivity index (χ1n) is 3.18. The van der Waals surface area contributed by atoms with Gasteiger partial charge in [0.2, 0.25) is 0 Å². The molecule has 2 nitrogen and oxygen atoms in total. The molecule has 0 aromatic rings. The number of halogens is 3. The summed E-state index contributed by atoms with van der Waals surface area (Å²) in [7, 11) is 0. The SMILES string of the molecule is C=C(C)C(=O)OC(C)[Si](Cl)(Cl)Cl. The van der Waals surface area contributed by atoms with Crippen molar-refractivity contribution in [2.75, 3.05) is 0 Å². The van der Waals surface area contributed by atoms with Crippen LogP contribution in [0, 0.1) is 0 Å². The van der Waals surface area contributed by atoms with Gasteiger partial charge in [-0.2, -0.15) is 0 Å². The van der Waals surface area contributed by atoms with Gasteiger partial charge in [-0.05, 0) is 13.8 Å². The molecule has 0 bridgehead atoms. The highest BCUT2D eigenvalue weighted by Gasteiger charge is 2.36. The van der Waals surface area contributed by atoms with Crippen LogP contribution < -0.4 is 0 Å². The van der Waals surface area contributed by atoms with Crippen LogP contribution in [0.15, 0.2) is 12.2 Å². The maximum atomic E-state index is 10.9. The van der Waals surface area contributed by atoms with Crippen molar-refractivity contribution >= 4 is 45.2 Å². The molecule has 0 aliphatic carbocycles. The van der Waals surface area contributed by atoms with E-state index < -0.39 is 17.7 Å². The van der Waals surface area contributed by atoms with Gasteiger partial charge < -0.3 is 4.74 Å².